The number of thiazole rings is 1. The molecule has 0 spiro atoms. The molecule has 28 heavy (non-hydrogen) atoms. The van der Waals surface area contributed by atoms with Crippen LogP contribution in [0, 0.1) is 13.8 Å². The first-order valence-electron chi connectivity index (χ1n) is 9.34. The fourth-order valence-electron chi connectivity index (χ4n) is 3.09. The molecule has 4 aromatic rings. The van der Waals surface area contributed by atoms with Crippen LogP contribution in [0.4, 0.5) is 5.82 Å². The summed E-state index contributed by atoms with van der Waals surface area (Å²) in [7, 11) is 0. The van der Waals surface area contributed by atoms with E-state index in [2.05, 4.69) is 62.0 Å². The maximum atomic E-state index is 4.55. The zero-order valence-corrected chi connectivity index (χ0v) is 16.8. The molecule has 0 aliphatic heterocycles. The lowest BCUT2D eigenvalue weighted by Crippen LogP contribution is -2.07. The Labute approximate surface area is 169 Å². The predicted octanol–water partition coefficient (Wildman–Crippen LogP) is 5.54. The van der Waals surface area contributed by atoms with Gasteiger partial charge >= 0.3 is 0 Å². The van der Waals surface area contributed by atoms with E-state index in [9.17, 15) is 0 Å². The van der Waals surface area contributed by atoms with Crippen molar-refractivity contribution >= 4 is 17.2 Å². The first-order chi connectivity index (χ1) is 13.7. The van der Waals surface area contributed by atoms with Crippen molar-refractivity contribution in [2.45, 2.75) is 20.3 Å². The highest BCUT2D eigenvalue weighted by atomic mass is 32.1. The molecule has 5 heteroatoms. The van der Waals surface area contributed by atoms with Crippen molar-refractivity contribution in [3.05, 3.63) is 82.4 Å². The van der Waals surface area contributed by atoms with Crippen molar-refractivity contribution in [3.63, 3.8) is 0 Å². The van der Waals surface area contributed by atoms with Gasteiger partial charge in [-0.1, -0.05) is 54.6 Å². The predicted molar refractivity (Wildman–Crippen MR) is 117 cm³/mol. The molecule has 1 N–H and O–H groups in total. The van der Waals surface area contributed by atoms with Crippen molar-refractivity contribution in [2.24, 2.45) is 0 Å². The Balaban J connectivity index is 1.39. The van der Waals surface area contributed by atoms with Gasteiger partial charge in [0.15, 0.2) is 0 Å². The van der Waals surface area contributed by atoms with E-state index in [1.54, 1.807) is 11.3 Å². The number of aromatic nitrogens is 3. The van der Waals surface area contributed by atoms with Crippen LogP contribution in [0.15, 0.2) is 66.0 Å². The Morgan fingerprint density at radius 2 is 1.57 bits per heavy atom. The molecule has 0 saturated heterocycles. The van der Waals surface area contributed by atoms with Gasteiger partial charge in [-0.15, -0.1) is 11.3 Å². The number of hydrogen-bond donors (Lipinski definition) is 1. The fraction of sp³-hybridized carbons (Fsp3) is 0.174. The first-order valence-corrected chi connectivity index (χ1v) is 10.2. The van der Waals surface area contributed by atoms with Gasteiger partial charge in [0, 0.05) is 29.1 Å². The standard InChI is InChI=1S/C23H22N4S/c1-16-25-21(19-6-4-3-5-7-19)14-23(26-16)24-13-12-18-8-10-20(11-9-18)22-15-28-17(2)27-22/h3-11,14-15H,12-13H2,1-2H3,(H,24,25,26). The van der Waals surface area contributed by atoms with E-state index in [0.717, 1.165) is 46.6 Å². The monoisotopic (exact) mass is 386 g/mol. The Kier molecular flexibility index (Phi) is 5.44. The smallest absolute Gasteiger partial charge is 0.130 e. The molecule has 140 valence electrons. The second kappa shape index (κ2) is 8.31. The number of nitrogens with zero attached hydrogens (tertiary/aromatic N) is 3. The molecule has 2 aromatic heterocycles. The zero-order valence-electron chi connectivity index (χ0n) is 16.0. The van der Waals surface area contributed by atoms with E-state index >= 15 is 0 Å². The number of anilines is 1. The van der Waals surface area contributed by atoms with E-state index in [-0.39, 0.29) is 0 Å². The lowest BCUT2D eigenvalue weighted by atomic mass is 10.1. The van der Waals surface area contributed by atoms with Crippen LogP contribution in [0.5, 0.6) is 0 Å². The minimum Gasteiger partial charge on any atom is -0.370 e. The molecular weight excluding hydrogens is 364 g/mol. The number of benzene rings is 2. The minimum atomic E-state index is 0.770. The van der Waals surface area contributed by atoms with Crippen LogP contribution < -0.4 is 5.32 Å². The van der Waals surface area contributed by atoms with Crippen LogP contribution in [0.25, 0.3) is 22.5 Å². The third-order valence-corrected chi connectivity index (χ3v) is 5.27. The molecule has 0 radical (unpaired) electrons. The van der Waals surface area contributed by atoms with Gasteiger partial charge in [0.05, 0.1) is 16.4 Å². The number of aryl methyl sites for hydroxylation is 2. The summed E-state index contributed by atoms with van der Waals surface area (Å²) >= 11 is 1.68. The summed E-state index contributed by atoms with van der Waals surface area (Å²) in [6.07, 6.45) is 0.931. The lowest BCUT2D eigenvalue weighted by Gasteiger charge is -2.09. The van der Waals surface area contributed by atoms with E-state index in [4.69, 9.17) is 0 Å². The molecule has 0 aliphatic rings. The second-order valence-electron chi connectivity index (χ2n) is 6.68. The number of rotatable bonds is 6. The highest BCUT2D eigenvalue weighted by Gasteiger charge is 2.05. The maximum absolute atomic E-state index is 4.55. The topological polar surface area (TPSA) is 50.7 Å². The molecule has 0 bridgehead atoms. The second-order valence-corrected chi connectivity index (χ2v) is 7.74. The Morgan fingerprint density at radius 3 is 2.29 bits per heavy atom. The molecular formula is C23H22N4S. The normalized spacial score (nSPS) is 10.8. The van der Waals surface area contributed by atoms with Crippen molar-refractivity contribution in [2.75, 3.05) is 11.9 Å². The summed E-state index contributed by atoms with van der Waals surface area (Å²) in [6, 6.07) is 20.8. The van der Waals surface area contributed by atoms with Crippen molar-refractivity contribution < 1.29 is 0 Å². The Bertz CT molecular complexity index is 1060. The van der Waals surface area contributed by atoms with Gasteiger partial charge in [-0.25, -0.2) is 15.0 Å². The summed E-state index contributed by atoms with van der Waals surface area (Å²) in [5.74, 6) is 1.63. The quantitative estimate of drug-likeness (QED) is 0.473. The van der Waals surface area contributed by atoms with Gasteiger partial charge in [-0.2, -0.15) is 0 Å². The van der Waals surface area contributed by atoms with Gasteiger partial charge in [0.2, 0.25) is 0 Å². The largest absolute Gasteiger partial charge is 0.370 e. The minimum absolute atomic E-state index is 0.770. The fourth-order valence-corrected chi connectivity index (χ4v) is 3.71. The molecule has 2 heterocycles. The van der Waals surface area contributed by atoms with Crippen LogP contribution >= 0.6 is 11.3 Å². The molecule has 4 rings (SSSR count). The molecule has 0 amide bonds. The van der Waals surface area contributed by atoms with E-state index < -0.39 is 0 Å². The molecule has 0 aliphatic carbocycles. The van der Waals surface area contributed by atoms with Crippen molar-refractivity contribution in [1.82, 2.24) is 15.0 Å². The highest BCUT2D eigenvalue weighted by molar-refractivity contribution is 7.09. The molecule has 0 unspecified atom stereocenters. The summed E-state index contributed by atoms with van der Waals surface area (Å²) in [4.78, 5) is 13.6. The van der Waals surface area contributed by atoms with Gasteiger partial charge in [0.25, 0.3) is 0 Å². The van der Waals surface area contributed by atoms with Crippen LogP contribution in [0.3, 0.4) is 0 Å². The van der Waals surface area contributed by atoms with Crippen LogP contribution in [0.1, 0.15) is 16.4 Å². The molecule has 4 nitrogen and oxygen atoms in total. The van der Waals surface area contributed by atoms with E-state index in [1.165, 1.54) is 11.1 Å². The molecule has 0 atom stereocenters. The number of nitrogens with one attached hydrogen (secondary N) is 1. The van der Waals surface area contributed by atoms with Crippen LogP contribution in [-0.4, -0.2) is 21.5 Å². The van der Waals surface area contributed by atoms with Crippen LogP contribution in [0.2, 0.25) is 0 Å². The highest BCUT2D eigenvalue weighted by Crippen LogP contribution is 2.22. The SMILES string of the molecule is Cc1nc(NCCc2ccc(-c3csc(C)n3)cc2)cc(-c2ccccc2)n1. The summed E-state index contributed by atoms with van der Waals surface area (Å²) < 4.78 is 0. The molecule has 0 saturated carbocycles. The van der Waals surface area contributed by atoms with Gasteiger partial charge in [0.1, 0.15) is 11.6 Å². The number of hydrogen-bond acceptors (Lipinski definition) is 5. The van der Waals surface area contributed by atoms with Crippen molar-refractivity contribution in [1.29, 1.82) is 0 Å². The van der Waals surface area contributed by atoms with Crippen molar-refractivity contribution in [3.8, 4) is 22.5 Å². The first kappa shape index (κ1) is 18.3. The Morgan fingerprint density at radius 1 is 0.821 bits per heavy atom. The van der Waals surface area contributed by atoms with Crippen LogP contribution in [-0.2, 0) is 6.42 Å². The summed E-state index contributed by atoms with van der Waals surface area (Å²) in [5, 5.41) is 6.63. The third-order valence-electron chi connectivity index (χ3n) is 4.50. The maximum Gasteiger partial charge on any atom is 0.130 e. The average Bonchev–Trinajstić information content (AvgIpc) is 3.15. The van der Waals surface area contributed by atoms with E-state index in [1.807, 2.05) is 38.1 Å². The van der Waals surface area contributed by atoms with E-state index in [0.29, 0.717) is 0 Å². The summed E-state index contributed by atoms with van der Waals surface area (Å²) in [6.45, 7) is 4.78. The molecule has 0 fully saturated rings. The van der Waals surface area contributed by atoms with Gasteiger partial charge in [-0.3, -0.25) is 0 Å². The lowest BCUT2D eigenvalue weighted by molar-refractivity contribution is 0.983. The van der Waals surface area contributed by atoms with Gasteiger partial charge in [-0.05, 0) is 25.8 Å². The summed E-state index contributed by atoms with van der Waals surface area (Å²) in [5.41, 5.74) is 5.55. The molecule has 2 aromatic carbocycles. The average molecular weight is 387 g/mol. The zero-order chi connectivity index (χ0) is 19.3. The Hall–Kier alpha value is -3.05. The third kappa shape index (κ3) is 4.43. The van der Waals surface area contributed by atoms with Gasteiger partial charge < -0.3 is 5.32 Å².